The average molecular weight is 360 g/mol. The van der Waals surface area contributed by atoms with Crippen molar-refractivity contribution in [2.75, 3.05) is 7.11 Å². The molecule has 7 nitrogen and oxygen atoms in total. The molecule has 1 aliphatic carbocycles. The van der Waals surface area contributed by atoms with E-state index in [9.17, 15) is 14.7 Å². The average Bonchev–Trinajstić information content (AvgIpc) is 2.99. The molecule has 3 rings (SSSR count). The first-order valence-corrected chi connectivity index (χ1v) is 8.77. The molecular weight excluding hydrogens is 336 g/mol. The molecule has 2 aliphatic rings. The van der Waals surface area contributed by atoms with E-state index < -0.39 is 18.0 Å². The molecule has 0 aromatic heterocycles. The first-order chi connectivity index (χ1) is 12.4. The fraction of sp³-hybridized carbons (Fsp3) is 0.474. The summed E-state index contributed by atoms with van der Waals surface area (Å²) in [6.07, 6.45) is 2.85. The number of methoxy groups -OCH3 is 1. The Morgan fingerprint density at radius 2 is 2.08 bits per heavy atom. The lowest BCUT2D eigenvalue weighted by Gasteiger charge is -2.29. The van der Waals surface area contributed by atoms with Crippen molar-refractivity contribution in [2.45, 2.75) is 45.3 Å². The Morgan fingerprint density at radius 3 is 2.73 bits per heavy atom. The first-order valence-electron chi connectivity index (χ1n) is 8.77. The number of benzene rings is 1. The predicted octanol–water partition coefficient (Wildman–Crippen LogP) is 2.76. The molecule has 3 atom stereocenters. The van der Waals surface area contributed by atoms with Crippen LogP contribution in [0.25, 0.3) is 0 Å². The molecule has 1 fully saturated rings. The Kier molecular flexibility index (Phi) is 5.06. The third kappa shape index (κ3) is 3.47. The second-order valence-electron chi connectivity index (χ2n) is 6.85. The van der Waals surface area contributed by atoms with Crippen LogP contribution in [-0.2, 0) is 9.53 Å². The number of hydrogen-bond donors (Lipinski definition) is 3. The highest BCUT2D eigenvalue weighted by atomic mass is 16.5. The van der Waals surface area contributed by atoms with E-state index in [-0.39, 0.29) is 17.6 Å². The third-order valence-corrected chi connectivity index (χ3v) is 5.07. The van der Waals surface area contributed by atoms with Crippen molar-refractivity contribution in [1.82, 2.24) is 10.6 Å². The maximum atomic E-state index is 12.9. The number of carbonyl (C=O) groups excluding carboxylic acids is 2. The normalized spacial score (nSPS) is 25.5. The molecule has 3 N–H and O–H groups in total. The molecule has 0 bridgehead atoms. The van der Waals surface area contributed by atoms with Crippen molar-refractivity contribution >= 4 is 12.0 Å². The molecule has 1 heterocycles. The van der Waals surface area contributed by atoms with E-state index in [2.05, 4.69) is 17.6 Å². The number of hydrogen-bond acceptors (Lipinski definition) is 5. The number of ether oxygens (including phenoxy) is 2. The fourth-order valence-electron chi connectivity index (χ4n) is 3.58. The number of nitrogens with one attached hydrogen (secondary N) is 2. The van der Waals surface area contributed by atoms with Crippen molar-refractivity contribution in [3.63, 3.8) is 0 Å². The number of rotatable bonds is 4. The summed E-state index contributed by atoms with van der Waals surface area (Å²) in [5.41, 5.74) is 1.44. The molecule has 2 amide bonds. The maximum absolute atomic E-state index is 12.9. The van der Waals surface area contributed by atoms with E-state index in [1.54, 1.807) is 19.1 Å². The summed E-state index contributed by atoms with van der Waals surface area (Å²) in [6.45, 7) is 3.76. The van der Waals surface area contributed by atoms with Crippen LogP contribution in [0.2, 0.25) is 0 Å². The summed E-state index contributed by atoms with van der Waals surface area (Å²) < 4.78 is 10.9. The summed E-state index contributed by atoms with van der Waals surface area (Å²) in [4.78, 5) is 24.8. The van der Waals surface area contributed by atoms with Crippen molar-refractivity contribution in [3.05, 3.63) is 35.0 Å². The summed E-state index contributed by atoms with van der Waals surface area (Å²) in [5.74, 6) is 0.148. The lowest BCUT2D eigenvalue weighted by atomic mass is 9.95. The van der Waals surface area contributed by atoms with Crippen molar-refractivity contribution in [1.29, 1.82) is 0 Å². The first kappa shape index (κ1) is 18.1. The van der Waals surface area contributed by atoms with Gasteiger partial charge in [0.25, 0.3) is 0 Å². The molecule has 140 valence electrons. The van der Waals surface area contributed by atoms with Crippen molar-refractivity contribution in [2.24, 2.45) is 5.92 Å². The lowest BCUT2D eigenvalue weighted by Crippen LogP contribution is -2.45. The van der Waals surface area contributed by atoms with Gasteiger partial charge in [-0.15, -0.1) is 0 Å². The number of esters is 1. The number of phenolic OH excluding ortho intramolecular Hbond substituents is 1. The molecule has 26 heavy (non-hydrogen) atoms. The number of allylic oxidation sites excluding steroid dienone is 1. The standard InChI is InChI=1S/C19H24N2O5/c1-10-5-4-6-14(10)26-18(23)16-11(2)20-19(24)21-17(16)12-7-8-13(22)15(9-12)25-3/h7-10,14,17,22H,4-6H2,1-3H3,(H2,20,21,24)/t10-,14+,17+/m0/s1. The summed E-state index contributed by atoms with van der Waals surface area (Å²) in [6, 6.07) is 3.64. The molecule has 0 unspecified atom stereocenters. The van der Waals surface area contributed by atoms with Gasteiger partial charge in [-0.25, -0.2) is 9.59 Å². The zero-order valence-electron chi connectivity index (χ0n) is 15.2. The lowest BCUT2D eigenvalue weighted by molar-refractivity contribution is -0.146. The number of phenols is 1. The van der Waals surface area contributed by atoms with Crippen LogP contribution in [0.15, 0.2) is 29.5 Å². The summed E-state index contributed by atoms with van der Waals surface area (Å²) in [7, 11) is 1.44. The molecule has 0 radical (unpaired) electrons. The van der Waals surface area contributed by atoms with Crippen LogP contribution in [0, 0.1) is 5.92 Å². The largest absolute Gasteiger partial charge is 0.504 e. The third-order valence-electron chi connectivity index (χ3n) is 5.07. The van der Waals surface area contributed by atoms with E-state index in [0.29, 0.717) is 22.8 Å². The Balaban J connectivity index is 1.92. The van der Waals surface area contributed by atoms with Gasteiger partial charge in [0.1, 0.15) is 6.10 Å². The fourth-order valence-corrected chi connectivity index (χ4v) is 3.58. The topological polar surface area (TPSA) is 96.9 Å². The maximum Gasteiger partial charge on any atom is 0.338 e. The summed E-state index contributed by atoms with van der Waals surface area (Å²) in [5, 5.41) is 15.2. The van der Waals surface area contributed by atoms with Crippen molar-refractivity contribution < 1.29 is 24.2 Å². The smallest absolute Gasteiger partial charge is 0.338 e. The van der Waals surface area contributed by atoms with Gasteiger partial charge in [-0.2, -0.15) is 0 Å². The number of carbonyl (C=O) groups is 2. The Bertz CT molecular complexity index is 758. The van der Waals surface area contributed by atoms with Gasteiger partial charge in [0.2, 0.25) is 0 Å². The minimum absolute atomic E-state index is 0.0129. The molecule has 1 aliphatic heterocycles. The minimum Gasteiger partial charge on any atom is -0.504 e. The van der Waals surface area contributed by atoms with Crippen LogP contribution in [0.1, 0.15) is 44.7 Å². The van der Waals surface area contributed by atoms with Gasteiger partial charge in [0.15, 0.2) is 11.5 Å². The van der Waals surface area contributed by atoms with E-state index in [1.807, 2.05) is 0 Å². The Hall–Kier alpha value is -2.70. The minimum atomic E-state index is -0.678. The van der Waals surface area contributed by atoms with Crippen LogP contribution in [-0.4, -0.2) is 30.3 Å². The molecule has 0 spiro atoms. The summed E-state index contributed by atoms with van der Waals surface area (Å²) >= 11 is 0. The van der Waals surface area contributed by atoms with Gasteiger partial charge in [-0.1, -0.05) is 13.0 Å². The second kappa shape index (κ2) is 7.27. The van der Waals surface area contributed by atoms with Gasteiger partial charge < -0.3 is 25.2 Å². The van der Waals surface area contributed by atoms with E-state index in [1.165, 1.54) is 13.2 Å². The highest BCUT2D eigenvalue weighted by molar-refractivity contribution is 5.95. The molecule has 7 heteroatoms. The van der Waals surface area contributed by atoms with Gasteiger partial charge in [0, 0.05) is 5.70 Å². The van der Waals surface area contributed by atoms with Crippen LogP contribution in [0.4, 0.5) is 4.79 Å². The van der Waals surface area contributed by atoms with E-state index in [0.717, 1.165) is 19.3 Å². The van der Waals surface area contributed by atoms with Gasteiger partial charge in [-0.3, -0.25) is 0 Å². The van der Waals surface area contributed by atoms with Gasteiger partial charge >= 0.3 is 12.0 Å². The van der Waals surface area contributed by atoms with E-state index >= 15 is 0 Å². The zero-order chi connectivity index (χ0) is 18.8. The van der Waals surface area contributed by atoms with Crippen LogP contribution in [0.3, 0.4) is 0 Å². The highest BCUT2D eigenvalue weighted by Crippen LogP contribution is 2.35. The number of amides is 2. The van der Waals surface area contributed by atoms with Gasteiger partial charge in [-0.05, 0) is 49.8 Å². The number of aromatic hydroxyl groups is 1. The second-order valence-corrected chi connectivity index (χ2v) is 6.85. The molecule has 0 saturated heterocycles. The molecule has 1 saturated carbocycles. The quantitative estimate of drug-likeness (QED) is 0.718. The van der Waals surface area contributed by atoms with E-state index in [4.69, 9.17) is 9.47 Å². The van der Waals surface area contributed by atoms with Crippen molar-refractivity contribution in [3.8, 4) is 11.5 Å². The highest BCUT2D eigenvalue weighted by Gasteiger charge is 2.35. The molecule has 1 aromatic rings. The Labute approximate surface area is 152 Å². The molecule has 1 aromatic carbocycles. The van der Waals surface area contributed by atoms with Crippen LogP contribution >= 0.6 is 0 Å². The van der Waals surface area contributed by atoms with Crippen LogP contribution in [0.5, 0.6) is 11.5 Å². The van der Waals surface area contributed by atoms with Crippen LogP contribution < -0.4 is 15.4 Å². The Morgan fingerprint density at radius 1 is 1.31 bits per heavy atom. The number of urea groups is 1. The SMILES string of the molecule is COc1cc([C@H]2NC(=O)NC(C)=C2C(=O)O[C@@H]2CCC[C@@H]2C)ccc1O. The predicted molar refractivity (Wildman–Crippen MR) is 94.7 cm³/mol. The molecular formula is C19H24N2O5. The monoisotopic (exact) mass is 360 g/mol. The zero-order valence-corrected chi connectivity index (χ0v) is 15.2. The van der Waals surface area contributed by atoms with Gasteiger partial charge in [0.05, 0.1) is 18.7 Å².